The van der Waals surface area contributed by atoms with E-state index in [9.17, 15) is 5.11 Å². The third kappa shape index (κ3) is 4.55. The molecule has 1 saturated heterocycles. The van der Waals surface area contributed by atoms with Crippen LogP contribution >= 0.6 is 24.2 Å². The highest BCUT2D eigenvalue weighted by molar-refractivity contribution is 7.98. The molecule has 1 fully saturated rings. The number of thioether (sulfide) groups is 1. The van der Waals surface area contributed by atoms with Crippen LogP contribution in [0.3, 0.4) is 0 Å². The van der Waals surface area contributed by atoms with Crippen molar-refractivity contribution in [1.29, 1.82) is 0 Å². The van der Waals surface area contributed by atoms with Gasteiger partial charge in [0.2, 0.25) is 0 Å². The van der Waals surface area contributed by atoms with Crippen LogP contribution in [-0.4, -0.2) is 47.8 Å². The molecule has 1 N–H and O–H groups in total. The second-order valence-electron chi connectivity index (χ2n) is 3.12. The first-order valence-corrected chi connectivity index (χ1v) is 5.61. The Bertz CT molecular complexity index is 109. The Hall–Kier alpha value is 0.560. The lowest BCUT2D eigenvalue weighted by molar-refractivity contribution is 0.145. The fraction of sp³-hybridized carbons (Fsp3) is 1.00. The molecular weight excluding hydrogens is 194 g/mol. The Morgan fingerprint density at radius 1 is 1.42 bits per heavy atom. The van der Waals surface area contributed by atoms with E-state index < -0.39 is 0 Å². The molecule has 1 heterocycles. The van der Waals surface area contributed by atoms with E-state index in [2.05, 4.69) is 4.90 Å². The van der Waals surface area contributed by atoms with Crippen LogP contribution in [0.1, 0.15) is 12.8 Å². The van der Waals surface area contributed by atoms with Crippen molar-refractivity contribution in [2.24, 2.45) is 0 Å². The minimum atomic E-state index is -0.122. The van der Waals surface area contributed by atoms with E-state index in [4.69, 9.17) is 0 Å². The van der Waals surface area contributed by atoms with Gasteiger partial charge >= 0.3 is 0 Å². The Labute approximate surface area is 85.1 Å². The SMILES string of the molecule is CSCC(O)CN1CCCC1.Cl. The van der Waals surface area contributed by atoms with E-state index in [-0.39, 0.29) is 18.5 Å². The number of halogens is 1. The number of rotatable bonds is 4. The number of nitrogens with zero attached hydrogens (tertiary/aromatic N) is 1. The molecule has 2 nitrogen and oxygen atoms in total. The van der Waals surface area contributed by atoms with E-state index in [1.165, 1.54) is 25.9 Å². The summed E-state index contributed by atoms with van der Waals surface area (Å²) in [5.41, 5.74) is 0. The van der Waals surface area contributed by atoms with Crippen molar-refractivity contribution in [2.75, 3.05) is 31.6 Å². The van der Waals surface area contributed by atoms with Crippen molar-refractivity contribution in [3.05, 3.63) is 0 Å². The normalized spacial score (nSPS) is 20.5. The predicted molar refractivity (Wildman–Crippen MR) is 57.3 cm³/mol. The molecule has 1 aliphatic rings. The van der Waals surface area contributed by atoms with Gasteiger partial charge in [-0.15, -0.1) is 12.4 Å². The van der Waals surface area contributed by atoms with Gasteiger partial charge in [-0.2, -0.15) is 11.8 Å². The monoisotopic (exact) mass is 211 g/mol. The van der Waals surface area contributed by atoms with Crippen LogP contribution in [-0.2, 0) is 0 Å². The number of hydrogen-bond acceptors (Lipinski definition) is 3. The molecule has 4 heteroatoms. The van der Waals surface area contributed by atoms with Crippen LogP contribution in [0.2, 0.25) is 0 Å². The second-order valence-corrected chi connectivity index (χ2v) is 4.03. The third-order valence-corrected chi connectivity index (χ3v) is 2.74. The molecule has 0 aromatic carbocycles. The molecule has 0 aromatic heterocycles. The number of β-amino-alcohol motifs (C(OH)–C–C–N with tert-alkyl or cyclic N) is 1. The maximum Gasteiger partial charge on any atom is 0.0757 e. The van der Waals surface area contributed by atoms with Crippen LogP contribution in [0.15, 0.2) is 0 Å². The topological polar surface area (TPSA) is 23.5 Å². The lowest BCUT2D eigenvalue weighted by Gasteiger charge is -2.18. The maximum absolute atomic E-state index is 9.45. The predicted octanol–water partition coefficient (Wildman–Crippen LogP) is 1.23. The van der Waals surface area contributed by atoms with Gasteiger partial charge in [0.1, 0.15) is 0 Å². The summed E-state index contributed by atoms with van der Waals surface area (Å²) in [7, 11) is 0. The molecule has 0 bridgehead atoms. The average Bonchev–Trinajstić information content (AvgIpc) is 2.40. The molecule has 0 aliphatic carbocycles. The first-order valence-electron chi connectivity index (χ1n) is 4.22. The highest BCUT2D eigenvalue weighted by atomic mass is 35.5. The van der Waals surface area contributed by atoms with Crippen LogP contribution in [0.4, 0.5) is 0 Å². The zero-order valence-corrected chi connectivity index (χ0v) is 9.16. The van der Waals surface area contributed by atoms with Crippen LogP contribution in [0.5, 0.6) is 0 Å². The smallest absolute Gasteiger partial charge is 0.0757 e. The fourth-order valence-corrected chi connectivity index (χ4v) is 2.00. The van der Waals surface area contributed by atoms with Gasteiger partial charge < -0.3 is 10.0 Å². The zero-order valence-electron chi connectivity index (χ0n) is 7.53. The van der Waals surface area contributed by atoms with E-state index in [1.54, 1.807) is 11.8 Å². The summed E-state index contributed by atoms with van der Waals surface area (Å²) >= 11 is 1.72. The van der Waals surface area contributed by atoms with E-state index in [1.807, 2.05) is 6.26 Å². The fourth-order valence-electron chi connectivity index (χ4n) is 1.51. The molecule has 1 rings (SSSR count). The average molecular weight is 212 g/mol. The zero-order chi connectivity index (χ0) is 8.10. The molecule has 1 atom stereocenters. The first-order chi connectivity index (χ1) is 5.33. The Kier molecular flexibility index (Phi) is 7.34. The van der Waals surface area contributed by atoms with Gasteiger partial charge in [0.05, 0.1) is 6.10 Å². The highest BCUT2D eigenvalue weighted by Crippen LogP contribution is 2.08. The number of likely N-dealkylation sites (tertiary alicyclic amines) is 1. The van der Waals surface area contributed by atoms with Crippen LogP contribution < -0.4 is 0 Å². The van der Waals surface area contributed by atoms with Gasteiger partial charge in [-0.1, -0.05) is 0 Å². The summed E-state index contributed by atoms with van der Waals surface area (Å²) in [6, 6.07) is 0. The second kappa shape index (κ2) is 7.01. The summed E-state index contributed by atoms with van der Waals surface area (Å²) in [6.07, 6.45) is 4.54. The van der Waals surface area contributed by atoms with Gasteiger partial charge in [-0.3, -0.25) is 0 Å². The summed E-state index contributed by atoms with van der Waals surface area (Å²) in [6.45, 7) is 3.25. The van der Waals surface area contributed by atoms with Crippen molar-refractivity contribution < 1.29 is 5.11 Å². The van der Waals surface area contributed by atoms with Crippen LogP contribution in [0.25, 0.3) is 0 Å². The Morgan fingerprint density at radius 3 is 2.50 bits per heavy atom. The molecule has 0 radical (unpaired) electrons. The van der Waals surface area contributed by atoms with Crippen molar-refractivity contribution >= 4 is 24.2 Å². The standard InChI is InChI=1S/C8H17NOS.ClH/c1-11-7-8(10)6-9-4-2-3-5-9;/h8,10H,2-7H2,1H3;1H. The van der Waals surface area contributed by atoms with Crippen molar-refractivity contribution in [3.8, 4) is 0 Å². The molecule has 1 aliphatic heterocycles. The third-order valence-electron chi connectivity index (χ3n) is 2.03. The van der Waals surface area contributed by atoms with E-state index in [0.29, 0.717) is 0 Å². The highest BCUT2D eigenvalue weighted by Gasteiger charge is 2.14. The number of aliphatic hydroxyl groups excluding tert-OH is 1. The summed E-state index contributed by atoms with van der Waals surface area (Å²) in [4.78, 5) is 2.35. The Balaban J connectivity index is 0.00000121. The summed E-state index contributed by atoms with van der Waals surface area (Å²) in [5.74, 6) is 0.872. The lowest BCUT2D eigenvalue weighted by Crippen LogP contribution is -2.31. The van der Waals surface area contributed by atoms with E-state index >= 15 is 0 Å². The Morgan fingerprint density at radius 2 is 2.00 bits per heavy atom. The molecule has 1 unspecified atom stereocenters. The first kappa shape index (κ1) is 12.6. The quantitative estimate of drug-likeness (QED) is 0.757. The number of hydrogen-bond donors (Lipinski definition) is 1. The van der Waals surface area contributed by atoms with Gasteiger partial charge in [-0.05, 0) is 32.2 Å². The molecular formula is C8H18ClNOS. The molecule has 0 aromatic rings. The molecule has 0 amide bonds. The maximum atomic E-state index is 9.45. The van der Waals surface area contributed by atoms with Crippen molar-refractivity contribution in [2.45, 2.75) is 18.9 Å². The van der Waals surface area contributed by atoms with Gasteiger partial charge in [0.15, 0.2) is 0 Å². The lowest BCUT2D eigenvalue weighted by atomic mass is 10.4. The van der Waals surface area contributed by atoms with Gasteiger partial charge in [0, 0.05) is 12.3 Å². The minimum Gasteiger partial charge on any atom is -0.391 e. The van der Waals surface area contributed by atoms with Crippen molar-refractivity contribution in [1.82, 2.24) is 4.90 Å². The largest absolute Gasteiger partial charge is 0.391 e. The van der Waals surface area contributed by atoms with Crippen LogP contribution in [0, 0.1) is 0 Å². The summed E-state index contributed by atoms with van der Waals surface area (Å²) in [5, 5.41) is 9.45. The summed E-state index contributed by atoms with van der Waals surface area (Å²) < 4.78 is 0. The van der Waals surface area contributed by atoms with Gasteiger partial charge in [0.25, 0.3) is 0 Å². The minimum absolute atomic E-state index is 0. The molecule has 12 heavy (non-hydrogen) atoms. The molecule has 74 valence electrons. The molecule has 0 spiro atoms. The van der Waals surface area contributed by atoms with Gasteiger partial charge in [-0.25, -0.2) is 0 Å². The van der Waals surface area contributed by atoms with Crippen molar-refractivity contribution in [3.63, 3.8) is 0 Å². The molecule has 0 saturated carbocycles. The number of aliphatic hydroxyl groups is 1. The van der Waals surface area contributed by atoms with E-state index in [0.717, 1.165) is 12.3 Å².